The SMILES string of the molecule is CCOc1ccc(S(=O)(=O)N(CC(=O)Nc2cccc(F)c2)Cc2ccccc2)cc1C. The number of benzene rings is 3. The van der Waals surface area contributed by atoms with Crippen molar-refractivity contribution in [1.82, 2.24) is 4.31 Å². The van der Waals surface area contributed by atoms with Crippen molar-refractivity contribution in [2.24, 2.45) is 0 Å². The topological polar surface area (TPSA) is 75.7 Å². The Kier molecular flexibility index (Phi) is 7.61. The van der Waals surface area contributed by atoms with Gasteiger partial charge in [-0.2, -0.15) is 4.31 Å². The second-order valence-corrected chi connectivity index (χ2v) is 9.12. The highest BCUT2D eigenvalue weighted by Crippen LogP contribution is 2.25. The Bertz CT molecular complexity index is 1180. The molecule has 3 aromatic rings. The molecule has 0 bridgehead atoms. The molecular formula is C24H25FN2O4S. The summed E-state index contributed by atoms with van der Waals surface area (Å²) in [5.41, 5.74) is 1.66. The number of hydrogen-bond donors (Lipinski definition) is 1. The number of aryl methyl sites for hydroxylation is 1. The lowest BCUT2D eigenvalue weighted by molar-refractivity contribution is -0.116. The number of nitrogens with one attached hydrogen (secondary N) is 1. The van der Waals surface area contributed by atoms with E-state index in [0.717, 1.165) is 9.87 Å². The molecule has 0 spiro atoms. The van der Waals surface area contributed by atoms with Crippen LogP contribution in [0, 0.1) is 12.7 Å². The van der Waals surface area contributed by atoms with Crippen LogP contribution >= 0.6 is 0 Å². The van der Waals surface area contributed by atoms with Crippen LogP contribution in [0.3, 0.4) is 0 Å². The molecule has 0 fully saturated rings. The zero-order valence-electron chi connectivity index (χ0n) is 17.9. The lowest BCUT2D eigenvalue weighted by Gasteiger charge is -2.22. The maximum Gasteiger partial charge on any atom is 0.243 e. The van der Waals surface area contributed by atoms with Gasteiger partial charge in [0.15, 0.2) is 0 Å². The minimum atomic E-state index is -4.01. The molecule has 1 amide bonds. The van der Waals surface area contributed by atoms with E-state index in [2.05, 4.69) is 5.32 Å². The molecule has 6 nitrogen and oxygen atoms in total. The lowest BCUT2D eigenvalue weighted by atomic mass is 10.2. The van der Waals surface area contributed by atoms with Crippen molar-refractivity contribution >= 4 is 21.6 Å². The minimum absolute atomic E-state index is 0.00596. The van der Waals surface area contributed by atoms with E-state index in [9.17, 15) is 17.6 Å². The van der Waals surface area contributed by atoms with Crippen molar-refractivity contribution in [2.45, 2.75) is 25.3 Å². The number of carbonyl (C=O) groups is 1. The van der Waals surface area contributed by atoms with Crippen molar-refractivity contribution in [3.63, 3.8) is 0 Å². The Balaban J connectivity index is 1.89. The highest BCUT2D eigenvalue weighted by Gasteiger charge is 2.27. The third kappa shape index (κ3) is 5.93. The van der Waals surface area contributed by atoms with Crippen LogP contribution in [0.5, 0.6) is 5.75 Å². The molecule has 0 unspecified atom stereocenters. The van der Waals surface area contributed by atoms with Crippen LogP contribution in [0.4, 0.5) is 10.1 Å². The quantitative estimate of drug-likeness (QED) is 0.519. The number of anilines is 1. The first-order valence-electron chi connectivity index (χ1n) is 10.1. The maximum atomic E-state index is 13.4. The molecule has 0 radical (unpaired) electrons. The summed E-state index contributed by atoms with van der Waals surface area (Å²) < 4.78 is 46.9. The number of hydrogen-bond acceptors (Lipinski definition) is 4. The molecule has 0 saturated carbocycles. The van der Waals surface area contributed by atoms with Gasteiger partial charge in [-0.05, 0) is 61.4 Å². The third-order valence-corrected chi connectivity index (χ3v) is 6.50. The minimum Gasteiger partial charge on any atom is -0.494 e. The summed E-state index contributed by atoms with van der Waals surface area (Å²) in [7, 11) is -4.01. The van der Waals surface area contributed by atoms with Crippen molar-refractivity contribution in [2.75, 3.05) is 18.5 Å². The van der Waals surface area contributed by atoms with Crippen molar-refractivity contribution in [3.8, 4) is 5.75 Å². The van der Waals surface area contributed by atoms with Gasteiger partial charge in [0.2, 0.25) is 15.9 Å². The average molecular weight is 457 g/mol. The van der Waals surface area contributed by atoms with Gasteiger partial charge < -0.3 is 10.1 Å². The average Bonchev–Trinajstić information content (AvgIpc) is 2.75. The van der Waals surface area contributed by atoms with Gasteiger partial charge in [-0.1, -0.05) is 36.4 Å². The normalized spacial score (nSPS) is 11.4. The summed E-state index contributed by atoms with van der Waals surface area (Å²) in [4.78, 5) is 12.7. The molecule has 168 valence electrons. The van der Waals surface area contributed by atoms with Crippen LogP contribution in [0.2, 0.25) is 0 Å². The van der Waals surface area contributed by atoms with Gasteiger partial charge in [-0.25, -0.2) is 12.8 Å². The molecule has 3 aromatic carbocycles. The first-order chi connectivity index (χ1) is 15.3. The third-order valence-electron chi connectivity index (χ3n) is 4.71. The Morgan fingerprint density at radius 3 is 2.44 bits per heavy atom. The van der Waals surface area contributed by atoms with Crippen LogP contribution in [-0.2, 0) is 21.4 Å². The van der Waals surface area contributed by atoms with Crippen molar-refractivity contribution < 1.29 is 22.3 Å². The molecule has 0 aromatic heterocycles. The number of nitrogens with zero attached hydrogens (tertiary/aromatic N) is 1. The number of rotatable bonds is 9. The lowest BCUT2D eigenvalue weighted by Crippen LogP contribution is -2.37. The van der Waals surface area contributed by atoms with E-state index in [-0.39, 0.29) is 17.1 Å². The van der Waals surface area contributed by atoms with Crippen LogP contribution < -0.4 is 10.1 Å². The fraction of sp³-hybridized carbons (Fsp3) is 0.208. The monoisotopic (exact) mass is 456 g/mol. The van der Waals surface area contributed by atoms with Crippen LogP contribution in [-0.4, -0.2) is 31.8 Å². The first kappa shape index (κ1) is 23.4. The Labute approximate surface area is 187 Å². The molecule has 0 aliphatic heterocycles. The molecule has 3 rings (SSSR count). The zero-order chi connectivity index (χ0) is 23.1. The molecular weight excluding hydrogens is 431 g/mol. The van der Waals surface area contributed by atoms with Crippen LogP contribution in [0.25, 0.3) is 0 Å². The summed E-state index contributed by atoms with van der Waals surface area (Å²) in [5.74, 6) is -0.468. The van der Waals surface area contributed by atoms with E-state index in [1.807, 2.05) is 13.0 Å². The smallest absolute Gasteiger partial charge is 0.243 e. The number of sulfonamides is 1. The second-order valence-electron chi connectivity index (χ2n) is 7.18. The van der Waals surface area contributed by atoms with Gasteiger partial charge in [0.25, 0.3) is 0 Å². The van der Waals surface area contributed by atoms with Crippen LogP contribution in [0.1, 0.15) is 18.1 Å². The van der Waals surface area contributed by atoms with Crippen molar-refractivity contribution in [1.29, 1.82) is 0 Å². The van der Waals surface area contributed by atoms with E-state index in [4.69, 9.17) is 4.74 Å². The van der Waals surface area contributed by atoms with E-state index in [1.165, 1.54) is 36.4 Å². The molecule has 0 atom stereocenters. The number of amides is 1. The van der Waals surface area contributed by atoms with Crippen LogP contribution in [0.15, 0.2) is 77.7 Å². The number of ether oxygens (including phenoxy) is 1. The second kappa shape index (κ2) is 10.4. The van der Waals surface area contributed by atoms with E-state index in [1.54, 1.807) is 37.3 Å². The fourth-order valence-corrected chi connectivity index (χ4v) is 4.66. The molecule has 8 heteroatoms. The van der Waals surface area contributed by atoms with Gasteiger partial charge >= 0.3 is 0 Å². The molecule has 0 aliphatic rings. The van der Waals surface area contributed by atoms with Crippen molar-refractivity contribution in [3.05, 3.63) is 89.7 Å². The Morgan fingerprint density at radius 1 is 1.03 bits per heavy atom. The summed E-state index contributed by atoms with van der Waals surface area (Å²) in [5, 5.41) is 2.55. The molecule has 0 aliphatic carbocycles. The number of carbonyl (C=O) groups excluding carboxylic acids is 1. The first-order valence-corrected chi connectivity index (χ1v) is 11.6. The van der Waals surface area contributed by atoms with E-state index >= 15 is 0 Å². The molecule has 0 saturated heterocycles. The molecule has 1 N–H and O–H groups in total. The maximum absolute atomic E-state index is 13.4. The predicted octanol–water partition coefficient (Wildman–Crippen LogP) is 4.36. The fourth-order valence-electron chi connectivity index (χ4n) is 3.19. The Morgan fingerprint density at radius 2 is 1.78 bits per heavy atom. The summed E-state index contributed by atoms with van der Waals surface area (Å²) >= 11 is 0. The molecule has 0 heterocycles. The number of halogens is 1. The highest BCUT2D eigenvalue weighted by atomic mass is 32.2. The predicted molar refractivity (Wildman–Crippen MR) is 121 cm³/mol. The molecule has 32 heavy (non-hydrogen) atoms. The summed E-state index contributed by atoms with van der Waals surface area (Å²) in [6.07, 6.45) is 0. The van der Waals surface area contributed by atoms with Gasteiger partial charge in [0.1, 0.15) is 11.6 Å². The van der Waals surface area contributed by atoms with Gasteiger partial charge in [-0.3, -0.25) is 4.79 Å². The summed E-state index contributed by atoms with van der Waals surface area (Å²) in [6.45, 7) is 3.66. The standard InChI is InChI=1S/C24H25FN2O4S/c1-3-31-23-13-12-22(14-18(23)2)32(29,30)27(16-19-8-5-4-6-9-19)17-24(28)26-21-11-7-10-20(25)15-21/h4-15H,3,16-17H2,1-2H3,(H,26,28). The van der Waals surface area contributed by atoms with E-state index < -0.39 is 28.3 Å². The Hall–Kier alpha value is -3.23. The highest BCUT2D eigenvalue weighted by molar-refractivity contribution is 7.89. The largest absolute Gasteiger partial charge is 0.494 e. The van der Waals surface area contributed by atoms with E-state index in [0.29, 0.717) is 17.9 Å². The zero-order valence-corrected chi connectivity index (χ0v) is 18.7. The van der Waals surface area contributed by atoms with Gasteiger partial charge in [0, 0.05) is 12.2 Å². The van der Waals surface area contributed by atoms with Gasteiger partial charge in [0.05, 0.1) is 18.0 Å². The summed E-state index contributed by atoms with van der Waals surface area (Å²) in [6, 6.07) is 19.0. The van der Waals surface area contributed by atoms with Gasteiger partial charge in [-0.15, -0.1) is 0 Å².